The first-order chi connectivity index (χ1) is 11.5. The third kappa shape index (κ3) is 3.21. The standard InChI is InChI=1S/C21H17F3/c22-21(23,24)16-20(17-10-4-1-5-11-17,18-12-6-2-7-13-18)19-14-8-3-9-15-19/h1-15H,16H2. The van der Waals surface area contributed by atoms with Crippen molar-refractivity contribution in [2.45, 2.75) is 18.0 Å². The summed E-state index contributed by atoms with van der Waals surface area (Å²) in [5, 5.41) is 0. The maximum atomic E-state index is 13.6. The highest BCUT2D eigenvalue weighted by Gasteiger charge is 2.45. The van der Waals surface area contributed by atoms with Gasteiger partial charge in [-0.15, -0.1) is 0 Å². The van der Waals surface area contributed by atoms with Crippen molar-refractivity contribution in [3.05, 3.63) is 108 Å². The summed E-state index contributed by atoms with van der Waals surface area (Å²) >= 11 is 0. The summed E-state index contributed by atoms with van der Waals surface area (Å²) < 4.78 is 40.8. The van der Waals surface area contributed by atoms with Gasteiger partial charge in [0.25, 0.3) is 0 Å². The van der Waals surface area contributed by atoms with E-state index in [2.05, 4.69) is 0 Å². The Balaban J connectivity index is 2.33. The van der Waals surface area contributed by atoms with Crippen molar-refractivity contribution in [1.29, 1.82) is 0 Å². The van der Waals surface area contributed by atoms with Crippen molar-refractivity contribution in [1.82, 2.24) is 0 Å². The van der Waals surface area contributed by atoms with Crippen LogP contribution in [0.15, 0.2) is 91.0 Å². The summed E-state index contributed by atoms with van der Waals surface area (Å²) in [6, 6.07) is 26.8. The lowest BCUT2D eigenvalue weighted by Crippen LogP contribution is -2.35. The number of alkyl halides is 3. The fourth-order valence-corrected chi connectivity index (χ4v) is 3.27. The smallest absolute Gasteiger partial charge is 0.171 e. The average Bonchev–Trinajstić information content (AvgIpc) is 2.61. The van der Waals surface area contributed by atoms with E-state index in [0.717, 1.165) is 0 Å². The summed E-state index contributed by atoms with van der Waals surface area (Å²) in [6.45, 7) is 0. The molecule has 0 saturated carbocycles. The molecule has 0 aromatic heterocycles. The van der Waals surface area contributed by atoms with Gasteiger partial charge >= 0.3 is 6.18 Å². The van der Waals surface area contributed by atoms with Crippen molar-refractivity contribution in [3.63, 3.8) is 0 Å². The van der Waals surface area contributed by atoms with Gasteiger partial charge in [-0.3, -0.25) is 0 Å². The Morgan fingerprint density at radius 3 is 1.04 bits per heavy atom. The summed E-state index contributed by atoms with van der Waals surface area (Å²) in [7, 11) is 0. The Kier molecular flexibility index (Phi) is 4.43. The van der Waals surface area contributed by atoms with Gasteiger partial charge in [-0.25, -0.2) is 0 Å². The Bertz CT molecular complexity index is 666. The normalized spacial score (nSPS) is 12.1. The summed E-state index contributed by atoms with van der Waals surface area (Å²) in [4.78, 5) is 0. The van der Waals surface area contributed by atoms with Crippen molar-refractivity contribution >= 4 is 0 Å². The second-order valence-corrected chi connectivity index (χ2v) is 5.80. The molecule has 0 N–H and O–H groups in total. The summed E-state index contributed by atoms with van der Waals surface area (Å²) in [5.74, 6) is 0. The van der Waals surface area contributed by atoms with E-state index in [0.29, 0.717) is 16.7 Å². The maximum Gasteiger partial charge on any atom is 0.390 e. The maximum absolute atomic E-state index is 13.6. The minimum absolute atomic E-state index is 0.639. The average molecular weight is 326 g/mol. The quantitative estimate of drug-likeness (QED) is 0.518. The fourth-order valence-electron chi connectivity index (χ4n) is 3.27. The first kappa shape index (κ1) is 16.3. The minimum Gasteiger partial charge on any atom is -0.171 e. The van der Waals surface area contributed by atoms with E-state index in [1.165, 1.54) is 0 Å². The molecule has 122 valence electrons. The Hall–Kier alpha value is -2.55. The van der Waals surface area contributed by atoms with Crippen molar-refractivity contribution in [3.8, 4) is 0 Å². The molecular formula is C21H17F3. The van der Waals surface area contributed by atoms with E-state index >= 15 is 0 Å². The number of benzene rings is 3. The van der Waals surface area contributed by atoms with Crippen LogP contribution in [0.3, 0.4) is 0 Å². The molecule has 0 aliphatic heterocycles. The number of hydrogen-bond donors (Lipinski definition) is 0. The third-order valence-corrected chi connectivity index (χ3v) is 4.27. The molecule has 3 rings (SSSR count). The molecule has 24 heavy (non-hydrogen) atoms. The minimum atomic E-state index is -4.30. The Morgan fingerprint density at radius 2 is 0.792 bits per heavy atom. The van der Waals surface area contributed by atoms with Gasteiger partial charge in [0, 0.05) is 0 Å². The number of halogens is 3. The van der Waals surface area contributed by atoms with E-state index < -0.39 is 18.0 Å². The fraction of sp³-hybridized carbons (Fsp3) is 0.143. The second-order valence-electron chi connectivity index (χ2n) is 5.80. The van der Waals surface area contributed by atoms with Gasteiger partial charge in [-0.05, 0) is 16.7 Å². The molecule has 0 amide bonds. The van der Waals surface area contributed by atoms with Gasteiger partial charge in [0.2, 0.25) is 0 Å². The molecule has 3 heteroatoms. The molecule has 0 atom stereocenters. The van der Waals surface area contributed by atoms with Crippen LogP contribution in [0.2, 0.25) is 0 Å². The highest BCUT2D eigenvalue weighted by molar-refractivity contribution is 5.50. The summed E-state index contributed by atoms with van der Waals surface area (Å²) in [5.41, 5.74) is 0.654. The van der Waals surface area contributed by atoms with Gasteiger partial charge in [-0.1, -0.05) is 91.0 Å². The van der Waals surface area contributed by atoms with Crippen LogP contribution in [0.4, 0.5) is 13.2 Å². The van der Waals surface area contributed by atoms with E-state index in [4.69, 9.17) is 0 Å². The van der Waals surface area contributed by atoms with Crippen molar-refractivity contribution in [2.75, 3.05) is 0 Å². The molecule has 3 aromatic carbocycles. The van der Waals surface area contributed by atoms with Gasteiger partial charge in [-0.2, -0.15) is 13.2 Å². The molecule has 3 aromatic rings. The van der Waals surface area contributed by atoms with Gasteiger partial charge in [0.1, 0.15) is 0 Å². The van der Waals surface area contributed by atoms with Crippen LogP contribution in [0, 0.1) is 0 Å². The first-order valence-corrected chi connectivity index (χ1v) is 7.76. The first-order valence-electron chi connectivity index (χ1n) is 7.76. The monoisotopic (exact) mass is 326 g/mol. The highest BCUT2D eigenvalue weighted by atomic mass is 19.4. The highest BCUT2D eigenvalue weighted by Crippen LogP contribution is 2.46. The van der Waals surface area contributed by atoms with Crippen molar-refractivity contribution in [2.24, 2.45) is 0 Å². The molecular weight excluding hydrogens is 309 g/mol. The lowest BCUT2D eigenvalue weighted by atomic mass is 9.67. The van der Waals surface area contributed by atoms with Crippen LogP contribution in [0.25, 0.3) is 0 Å². The van der Waals surface area contributed by atoms with E-state index in [1.807, 2.05) is 18.2 Å². The molecule has 0 bridgehead atoms. The van der Waals surface area contributed by atoms with Gasteiger partial charge < -0.3 is 0 Å². The number of hydrogen-bond acceptors (Lipinski definition) is 0. The molecule has 0 nitrogen and oxygen atoms in total. The Labute approximate surface area is 139 Å². The zero-order valence-electron chi connectivity index (χ0n) is 13.0. The van der Waals surface area contributed by atoms with E-state index in [9.17, 15) is 13.2 Å². The van der Waals surface area contributed by atoms with Gasteiger partial charge in [0.05, 0.1) is 11.8 Å². The molecule has 0 unspecified atom stereocenters. The zero-order chi connectivity index (χ0) is 17.0. The van der Waals surface area contributed by atoms with E-state index in [1.54, 1.807) is 72.8 Å². The lowest BCUT2D eigenvalue weighted by Gasteiger charge is -2.36. The molecule has 0 aliphatic rings. The van der Waals surface area contributed by atoms with E-state index in [-0.39, 0.29) is 0 Å². The van der Waals surface area contributed by atoms with Crippen LogP contribution in [-0.2, 0) is 5.41 Å². The van der Waals surface area contributed by atoms with Crippen LogP contribution in [0.1, 0.15) is 23.1 Å². The molecule has 0 heterocycles. The van der Waals surface area contributed by atoms with Crippen LogP contribution < -0.4 is 0 Å². The molecule has 0 fully saturated rings. The van der Waals surface area contributed by atoms with Crippen LogP contribution >= 0.6 is 0 Å². The molecule has 0 radical (unpaired) electrons. The third-order valence-electron chi connectivity index (χ3n) is 4.27. The van der Waals surface area contributed by atoms with Crippen LogP contribution in [0.5, 0.6) is 0 Å². The Morgan fingerprint density at radius 1 is 0.500 bits per heavy atom. The van der Waals surface area contributed by atoms with Crippen molar-refractivity contribution < 1.29 is 13.2 Å². The van der Waals surface area contributed by atoms with Gasteiger partial charge in [0.15, 0.2) is 0 Å². The van der Waals surface area contributed by atoms with Crippen LogP contribution in [-0.4, -0.2) is 6.18 Å². The lowest BCUT2D eigenvalue weighted by molar-refractivity contribution is -0.142. The second kappa shape index (κ2) is 6.52. The molecule has 0 saturated heterocycles. The predicted molar refractivity (Wildman–Crippen MR) is 89.9 cm³/mol. The molecule has 0 aliphatic carbocycles. The summed E-state index contributed by atoms with van der Waals surface area (Å²) in [6.07, 6.45) is -5.25. The number of rotatable bonds is 4. The SMILES string of the molecule is FC(F)(F)CC(c1ccccc1)(c1ccccc1)c1ccccc1. The zero-order valence-corrected chi connectivity index (χ0v) is 13.0. The molecule has 0 spiro atoms. The largest absolute Gasteiger partial charge is 0.390 e. The topological polar surface area (TPSA) is 0 Å². The predicted octanol–water partition coefficient (Wildman–Crippen LogP) is 5.97.